The summed E-state index contributed by atoms with van der Waals surface area (Å²) in [5.41, 5.74) is 1.54. The van der Waals surface area contributed by atoms with E-state index in [2.05, 4.69) is 26.8 Å². The Hall–Kier alpha value is -2.78. The molecule has 8 nitrogen and oxygen atoms in total. The first-order valence-electron chi connectivity index (χ1n) is 11.0. The number of pyridine rings is 1. The number of aromatic nitrogens is 4. The number of nitrogens with zero attached hydrogens (tertiary/aromatic N) is 4. The molecule has 1 radical (unpaired) electrons. The van der Waals surface area contributed by atoms with Gasteiger partial charge in [-0.25, -0.2) is 9.50 Å². The summed E-state index contributed by atoms with van der Waals surface area (Å²) in [5.74, 6) is -0.875. The Morgan fingerprint density at radius 3 is 2.88 bits per heavy atom. The first-order chi connectivity index (χ1) is 15.5. The van der Waals surface area contributed by atoms with E-state index in [1.54, 1.807) is 10.7 Å². The Kier molecular flexibility index (Phi) is 5.69. The van der Waals surface area contributed by atoms with Crippen molar-refractivity contribution in [1.29, 1.82) is 0 Å². The lowest BCUT2D eigenvalue weighted by Gasteiger charge is -2.24. The second kappa shape index (κ2) is 8.63. The number of rotatable bonds is 6. The molecular weight excluding hydrogens is 413 g/mol. The predicted molar refractivity (Wildman–Crippen MR) is 117 cm³/mol. The van der Waals surface area contributed by atoms with Crippen LogP contribution in [0.3, 0.4) is 0 Å². The van der Waals surface area contributed by atoms with Gasteiger partial charge in [-0.2, -0.15) is 14.5 Å². The summed E-state index contributed by atoms with van der Waals surface area (Å²) in [6, 6.07) is 5.88. The first kappa shape index (κ1) is 21.1. The quantitative estimate of drug-likeness (QED) is 0.620. The molecule has 32 heavy (non-hydrogen) atoms. The molecule has 1 saturated carbocycles. The predicted octanol–water partition coefficient (Wildman–Crippen LogP) is 4.02. The Morgan fingerprint density at radius 2 is 2.09 bits per heavy atom. The second-order valence-electron chi connectivity index (χ2n) is 8.65. The molecule has 169 valence electrons. The van der Waals surface area contributed by atoms with Crippen LogP contribution in [0, 0.1) is 12.2 Å². The number of hydrogen-bond acceptors (Lipinski definition) is 7. The van der Waals surface area contributed by atoms with Crippen LogP contribution in [0.15, 0.2) is 30.6 Å². The zero-order chi connectivity index (χ0) is 22.1. The minimum Gasteiger partial charge on any atom is -0.473 e. The third-order valence-corrected chi connectivity index (χ3v) is 5.74. The highest BCUT2D eigenvalue weighted by atomic mass is 19.1. The molecule has 3 aromatic rings. The van der Waals surface area contributed by atoms with Crippen LogP contribution >= 0.6 is 0 Å². The van der Waals surface area contributed by atoms with Crippen molar-refractivity contribution in [3.8, 4) is 17.3 Å². The van der Waals surface area contributed by atoms with E-state index in [1.165, 1.54) is 0 Å². The van der Waals surface area contributed by atoms with Gasteiger partial charge in [0.15, 0.2) is 17.4 Å². The number of anilines is 1. The topological polar surface area (TPSA) is 82.8 Å². The first-order valence-corrected chi connectivity index (χ1v) is 11.0. The van der Waals surface area contributed by atoms with Crippen molar-refractivity contribution in [3.63, 3.8) is 0 Å². The van der Waals surface area contributed by atoms with Gasteiger partial charge >= 0.3 is 0 Å². The lowest BCUT2D eigenvalue weighted by molar-refractivity contribution is -0.141. The van der Waals surface area contributed by atoms with Crippen molar-refractivity contribution in [2.24, 2.45) is 0 Å². The lowest BCUT2D eigenvalue weighted by atomic mass is 9.95. The SMILES string of the molecule is CC1(C)OC[C@@H](COc2nc(-c3cnn4ccccc34)nc(NC3CC[CH]CC3)c2F)O1. The summed E-state index contributed by atoms with van der Waals surface area (Å²) in [6.45, 7) is 4.18. The average molecular weight is 440 g/mol. The molecule has 2 aliphatic rings. The van der Waals surface area contributed by atoms with Crippen LogP contribution in [0.2, 0.25) is 0 Å². The molecule has 1 N–H and O–H groups in total. The van der Waals surface area contributed by atoms with E-state index in [4.69, 9.17) is 14.2 Å². The van der Waals surface area contributed by atoms with Gasteiger partial charge in [0.1, 0.15) is 12.7 Å². The summed E-state index contributed by atoms with van der Waals surface area (Å²) in [6.07, 6.45) is 9.37. The molecule has 2 fully saturated rings. The minimum absolute atomic E-state index is 0.108. The highest BCUT2D eigenvalue weighted by Gasteiger charge is 2.33. The van der Waals surface area contributed by atoms with Gasteiger partial charge in [0.05, 0.1) is 23.9 Å². The Bertz CT molecular complexity index is 1100. The molecular formula is C23H27FN5O3. The van der Waals surface area contributed by atoms with Crippen molar-refractivity contribution < 1.29 is 18.6 Å². The van der Waals surface area contributed by atoms with E-state index >= 15 is 4.39 Å². The number of nitrogens with one attached hydrogen (secondary N) is 1. The van der Waals surface area contributed by atoms with E-state index < -0.39 is 11.6 Å². The molecule has 3 aromatic heterocycles. The highest BCUT2D eigenvalue weighted by Crippen LogP contribution is 2.31. The number of ether oxygens (including phenoxy) is 3. The van der Waals surface area contributed by atoms with E-state index in [9.17, 15) is 0 Å². The van der Waals surface area contributed by atoms with Gasteiger partial charge in [-0.15, -0.1) is 0 Å². The van der Waals surface area contributed by atoms with Gasteiger partial charge in [-0.1, -0.05) is 6.07 Å². The van der Waals surface area contributed by atoms with Crippen molar-refractivity contribution in [2.75, 3.05) is 18.5 Å². The summed E-state index contributed by atoms with van der Waals surface area (Å²) < 4.78 is 34.2. The molecule has 0 amide bonds. The third kappa shape index (κ3) is 4.40. The number of fused-ring (bicyclic) bond motifs is 1. The third-order valence-electron chi connectivity index (χ3n) is 5.74. The van der Waals surface area contributed by atoms with Gasteiger partial charge in [0.2, 0.25) is 5.82 Å². The molecule has 0 spiro atoms. The normalized spacial score (nSPS) is 21.2. The van der Waals surface area contributed by atoms with Gasteiger partial charge in [-0.3, -0.25) is 0 Å². The largest absolute Gasteiger partial charge is 0.473 e. The molecule has 5 rings (SSSR count). The van der Waals surface area contributed by atoms with Gasteiger partial charge < -0.3 is 19.5 Å². The maximum Gasteiger partial charge on any atom is 0.256 e. The average Bonchev–Trinajstić information content (AvgIpc) is 3.38. The Balaban J connectivity index is 1.46. The summed E-state index contributed by atoms with van der Waals surface area (Å²) in [7, 11) is 0. The van der Waals surface area contributed by atoms with E-state index in [1.807, 2.05) is 38.2 Å². The molecule has 1 aliphatic heterocycles. The Morgan fingerprint density at radius 1 is 1.25 bits per heavy atom. The molecule has 0 unspecified atom stereocenters. The molecule has 0 aromatic carbocycles. The van der Waals surface area contributed by atoms with Crippen LogP contribution in [0.25, 0.3) is 16.9 Å². The molecule has 1 saturated heterocycles. The van der Waals surface area contributed by atoms with Crippen molar-refractivity contribution >= 4 is 11.3 Å². The maximum atomic E-state index is 15.4. The van der Waals surface area contributed by atoms with E-state index in [-0.39, 0.29) is 30.5 Å². The fourth-order valence-electron chi connectivity index (χ4n) is 4.13. The van der Waals surface area contributed by atoms with Crippen LogP contribution in [-0.4, -0.2) is 50.7 Å². The molecule has 1 aliphatic carbocycles. The van der Waals surface area contributed by atoms with Crippen LogP contribution in [0.5, 0.6) is 5.88 Å². The minimum atomic E-state index is -0.675. The fourth-order valence-corrected chi connectivity index (χ4v) is 4.13. The molecule has 9 heteroatoms. The summed E-state index contributed by atoms with van der Waals surface area (Å²) >= 11 is 0. The van der Waals surface area contributed by atoms with Crippen LogP contribution in [0.4, 0.5) is 10.2 Å². The van der Waals surface area contributed by atoms with E-state index in [0.29, 0.717) is 18.0 Å². The Labute approximate surface area is 186 Å². The molecule has 0 bridgehead atoms. The molecule has 4 heterocycles. The van der Waals surface area contributed by atoms with Crippen LogP contribution < -0.4 is 10.1 Å². The highest BCUT2D eigenvalue weighted by molar-refractivity contribution is 5.76. The van der Waals surface area contributed by atoms with Crippen LogP contribution in [-0.2, 0) is 9.47 Å². The zero-order valence-electron chi connectivity index (χ0n) is 18.3. The van der Waals surface area contributed by atoms with Crippen molar-refractivity contribution in [2.45, 2.75) is 57.5 Å². The number of hydrogen-bond donors (Lipinski definition) is 1. The fraction of sp³-hybridized carbons (Fsp3) is 0.478. The number of halogens is 1. The summed E-state index contributed by atoms with van der Waals surface area (Å²) in [5, 5.41) is 7.63. The van der Waals surface area contributed by atoms with Crippen LogP contribution in [0.1, 0.15) is 39.5 Å². The monoisotopic (exact) mass is 440 g/mol. The van der Waals surface area contributed by atoms with Crippen molar-refractivity contribution in [1.82, 2.24) is 19.6 Å². The zero-order valence-corrected chi connectivity index (χ0v) is 18.3. The smallest absolute Gasteiger partial charge is 0.256 e. The standard InChI is InChI=1S/C23H27FN5O3/c1-23(2)31-14-16(32-23)13-30-22-19(24)21(26-15-8-4-3-5-9-15)27-20(28-22)17-12-25-29-11-7-6-10-18(17)29/h3,6-7,10-12,15-16H,4-5,8-9,13-14H2,1-2H3,(H,26,27,28)/t16-/m1/s1. The molecule has 1 atom stereocenters. The van der Waals surface area contributed by atoms with Gasteiger partial charge in [0.25, 0.3) is 5.88 Å². The lowest BCUT2D eigenvalue weighted by Crippen LogP contribution is -2.26. The van der Waals surface area contributed by atoms with Crippen molar-refractivity contribution in [3.05, 3.63) is 42.8 Å². The van der Waals surface area contributed by atoms with Gasteiger partial charge in [0, 0.05) is 12.2 Å². The second-order valence-corrected chi connectivity index (χ2v) is 8.65. The summed E-state index contributed by atoms with van der Waals surface area (Å²) in [4.78, 5) is 8.94. The van der Waals surface area contributed by atoms with Gasteiger partial charge in [-0.05, 0) is 58.1 Å². The maximum absolute atomic E-state index is 15.4. The van der Waals surface area contributed by atoms with E-state index in [0.717, 1.165) is 31.2 Å².